The van der Waals surface area contributed by atoms with E-state index < -0.39 is 5.82 Å². The van der Waals surface area contributed by atoms with E-state index in [9.17, 15) is 9.59 Å². The van der Waals surface area contributed by atoms with E-state index in [-0.39, 0.29) is 22.8 Å². The smallest absolute Gasteiger partial charge is 0.260 e. The predicted molar refractivity (Wildman–Crippen MR) is 113 cm³/mol. The zero-order chi connectivity index (χ0) is 21.4. The van der Waals surface area contributed by atoms with Crippen molar-refractivity contribution in [1.82, 2.24) is 14.5 Å². The van der Waals surface area contributed by atoms with Crippen LogP contribution in [0.4, 0.5) is 4.39 Å². The summed E-state index contributed by atoms with van der Waals surface area (Å²) in [4.78, 5) is 31.2. The van der Waals surface area contributed by atoms with Crippen LogP contribution in [0.15, 0.2) is 41.6 Å². The van der Waals surface area contributed by atoms with Crippen LogP contribution in [-0.2, 0) is 7.05 Å². The van der Waals surface area contributed by atoms with E-state index >= 15 is 4.39 Å². The van der Waals surface area contributed by atoms with Gasteiger partial charge in [-0.15, -0.1) is 0 Å². The molecule has 0 bridgehead atoms. The number of hydrogen-bond donors (Lipinski definition) is 0. The molecule has 3 heterocycles. The fourth-order valence-electron chi connectivity index (χ4n) is 4.02. The Morgan fingerprint density at radius 3 is 2.67 bits per heavy atom. The van der Waals surface area contributed by atoms with Crippen molar-refractivity contribution in [2.24, 2.45) is 13.0 Å². The molecular formula is C23H24FN3O3. The van der Waals surface area contributed by atoms with Gasteiger partial charge in [0, 0.05) is 44.3 Å². The fraction of sp³-hybridized carbons (Fsp3) is 0.348. The molecular weight excluding hydrogens is 385 g/mol. The van der Waals surface area contributed by atoms with Crippen molar-refractivity contribution in [2.45, 2.75) is 19.8 Å². The third kappa shape index (κ3) is 3.44. The number of nitrogens with zero attached hydrogens (tertiary/aromatic N) is 3. The highest BCUT2D eigenvalue weighted by Crippen LogP contribution is 2.34. The minimum Gasteiger partial charge on any atom is -0.496 e. The van der Waals surface area contributed by atoms with Crippen molar-refractivity contribution in [3.63, 3.8) is 0 Å². The van der Waals surface area contributed by atoms with Crippen LogP contribution in [0.3, 0.4) is 0 Å². The molecule has 6 nitrogen and oxygen atoms in total. The lowest BCUT2D eigenvalue weighted by atomic mass is 9.97. The second-order valence-corrected chi connectivity index (χ2v) is 7.89. The maximum Gasteiger partial charge on any atom is 0.260 e. The molecule has 1 aliphatic rings. The molecule has 1 aliphatic heterocycles. The number of amides is 1. The van der Waals surface area contributed by atoms with Crippen molar-refractivity contribution in [2.75, 3.05) is 20.2 Å². The normalized spacial score (nSPS) is 14.9. The summed E-state index contributed by atoms with van der Waals surface area (Å²) in [6, 6.07) is 4.72. The summed E-state index contributed by atoms with van der Waals surface area (Å²) in [5.41, 5.74) is 0.962. The number of ether oxygens (including phenoxy) is 1. The molecule has 2 aromatic heterocycles. The van der Waals surface area contributed by atoms with Gasteiger partial charge in [0.2, 0.25) is 0 Å². The number of likely N-dealkylation sites (tertiary alicyclic amines) is 1. The molecule has 1 fully saturated rings. The number of halogens is 1. The van der Waals surface area contributed by atoms with E-state index in [0.29, 0.717) is 40.9 Å². The average molecular weight is 409 g/mol. The topological polar surface area (TPSA) is 64.4 Å². The van der Waals surface area contributed by atoms with Gasteiger partial charge in [-0.2, -0.15) is 0 Å². The highest BCUT2D eigenvalue weighted by molar-refractivity contribution is 6.00. The number of benzene rings is 1. The van der Waals surface area contributed by atoms with Gasteiger partial charge in [0.05, 0.1) is 12.5 Å². The Kier molecular flexibility index (Phi) is 5.28. The number of pyridine rings is 2. The molecule has 0 unspecified atom stereocenters. The second kappa shape index (κ2) is 7.89. The number of carbonyl (C=O) groups excluding carboxylic acids is 1. The monoisotopic (exact) mass is 409 g/mol. The predicted octanol–water partition coefficient (Wildman–Crippen LogP) is 3.62. The summed E-state index contributed by atoms with van der Waals surface area (Å²) in [6.45, 7) is 3.39. The van der Waals surface area contributed by atoms with Crippen LogP contribution in [0.1, 0.15) is 30.1 Å². The molecule has 156 valence electrons. The molecule has 1 saturated heterocycles. The standard InChI is InChI=1S/C23H24FN3O3/c1-14-5-8-27(9-6-14)23(29)21-19(24)10-15(11-20(21)30-3)18-13-26(2)22(28)17-12-25-7-4-16(17)18/h4,7,10-14H,5-6,8-9H2,1-3H3. The number of aromatic nitrogens is 2. The van der Waals surface area contributed by atoms with Gasteiger partial charge in [0.25, 0.3) is 11.5 Å². The Morgan fingerprint density at radius 1 is 1.23 bits per heavy atom. The molecule has 0 spiro atoms. The number of rotatable bonds is 3. The number of methoxy groups -OCH3 is 1. The Bertz CT molecular complexity index is 1180. The van der Waals surface area contributed by atoms with E-state index in [1.807, 2.05) is 0 Å². The van der Waals surface area contributed by atoms with Gasteiger partial charge >= 0.3 is 0 Å². The molecule has 0 radical (unpaired) electrons. The van der Waals surface area contributed by atoms with E-state index in [1.54, 1.807) is 36.5 Å². The van der Waals surface area contributed by atoms with Gasteiger partial charge in [-0.3, -0.25) is 14.6 Å². The first-order chi connectivity index (χ1) is 14.4. The SMILES string of the molecule is COc1cc(-c2cn(C)c(=O)c3cnccc23)cc(F)c1C(=O)N1CCC(C)CC1. The Hall–Kier alpha value is -3.22. The van der Waals surface area contributed by atoms with E-state index in [2.05, 4.69) is 11.9 Å². The molecule has 3 aromatic rings. The second-order valence-electron chi connectivity index (χ2n) is 7.89. The van der Waals surface area contributed by atoms with Gasteiger partial charge in [-0.1, -0.05) is 6.92 Å². The molecule has 0 N–H and O–H groups in total. The largest absolute Gasteiger partial charge is 0.496 e. The fourth-order valence-corrected chi connectivity index (χ4v) is 4.02. The van der Waals surface area contributed by atoms with Crippen molar-refractivity contribution in [3.05, 3.63) is 58.5 Å². The lowest BCUT2D eigenvalue weighted by Crippen LogP contribution is -2.38. The van der Waals surface area contributed by atoms with Gasteiger partial charge in [-0.05, 0) is 47.9 Å². The van der Waals surface area contributed by atoms with Crippen molar-refractivity contribution >= 4 is 16.7 Å². The minimum absolute atomic E-state index is 0.0494. The zero-order valence-corrected chi connectivity index (χ0v) is 17.3. The summed E-state index contributed by atoms with van der Waals surface area (Å²) < 4.78 is 22.1. The molecule has 0 saturated carbocycles. The lowest BCUT2D eigenvalue weighted by molar-refractivity contribution is 0.0689. The van der Waals surface area contributed by atoms with Crippen LogP contribution in [0.2, 0.25) is 0 Å². The highest BCUT2D eigenvalue weighted by Gasteiger charge is 2.27. The maximum atomic E-state index is 15.2. The van der Waals surface area contributed by atoms with E-state index in [1.165, 1.54) is 23.9 Å². The van der Waals surface area contributed by atoms with Crippen LogP contribution in [0, 0.1) is 11.7 Å². The van der Waals surface area contributed by atoms with Crippen molar-refractivity contribution < 1.29 is 13.9 Å². The Balaban J connectivity index is 1.82. The number of piperidine rings is 1. The molecule has 4 rings (SSSR count). The molecule has 1 aromatic carbocycles. The van der Waals surface area contributed by atoms with E-state index in [0.717, 1.165) is 12.8 Å². The summed E-state index contributed by atoms with van der Waals surface area (Å²) >= 11 is 0. The third-order valence-electron chi connectivity index (χ3n) is 5.85. The average Bonchev–Trinajstić information content (AvgIpc) is 2.75. The Morgan fingerprint density at radius 2 is 1.97 bits per heavy atom. The summed E-state index contributed by atoms with van der Waals surface area (Å²) in [6.07, 6.45) is 6.57. The van der Waals surface area contributed by atoms with Crippen LogP contribution in [0.25, 0.3) is 21.9 Å². The first kappa shape index (κ1) is 20.1. The number of carbonyl (C=O) groups is 1. The quantitative estimate of drug-likeness (QED) is 0.663. The first-order valence-corrected chi connectivity index (χ1v) is 10.0. The molecule has 0 aliphatic carbocycles. The first-order valence-electron chi connectivity index (χ1n) is 10.0. The van der Waals surface area contributed by atoms with Gasteiger partial charge in [0.1, 0.15) is 17.1 Å². The number of fused-ring (bicyclic) bond motifs is 1. The van der Waals surface area contributed by atoms with Crippen LogP contribution >= 0.6 is 0 Å². The summed E-state index contributed by atoms with van der Waals surface area (Å²) in [7, 11) is 3.07. The van der Waals surface area contributed by atoms with Crippen molar-refractivity contribution in [3.8, 4) is 16.9 Å². The highest BCUT2D eigenvalue weighted by atomic mass is 19.1. The third-order valence-corrected chi connectivity index (χ3v) is 5.85. The van der Waals surface area contributed by atoms with Crippen molar-refractivity contribution in [1.29, 1.82) is 0 Å². The maximum absolute atomic E-state index is 15.2. The number of aryl methyl sites for hydroxylation is 1. The summed E-state index contributed by atoms with van der Waals surface area (Å²) in [5, 5.41) is 1.11. The summed E-state index contributed by atoms with van der Waals surface area (Å²) in [5.74, 6) is -0.235. The Labute approximate surface area is 173 Å². The van der Waals surface area contributed by atoms with Gasteiger partial charge in [-0.25, -0.2) is 4.39 Å². The molecule has 1 amide bonds. The van der Waals surface area contributed by atoms with E-state index in [4.69, 9.17) is 4.74 Å². The number of hydrogen-bond acceptors (Lipinski definition) is 4. The van der Waals surface area contributed by atoms with Crippen LogP contribution < -0.4 is 10.3 Å². The van der Waals surface area contributed by atoms with Gasteiger partial charge in [0.15, 0.2) is 0 Å². The van der Waals surface area contributed by atoms with Crippen LogP contribution in [0.5, 0.6) is 5.75 Å². The van der Waals surface area contributed by atoms with Crippen LogP contribution in [-0.4, -0.2) is 40.6 Å². The molecule has 0 atom stereocenters. The molecule has 30 heavy (non-hydrogen) atoms. The van der Waals surface area contributed by atoms with Gasteiger partial charge < -0.3 is 14.2 Å². The molecule has 7 heteroatoms. The lowest BCUT2D eigenvalue weighted by Gasteiger charge is -2.30. The minimum atomic E-state index is -0.635. The zero-order valence-electron chi connectivity index (χ0n) is 17.3.